The molecule has 0 bridgehead atoms. The molecular weight excluding hydrogens is 322 g/mol. The van der Waals surface area contributed by atoms with Crippen LogP contribution in [-0.2, 0) is 0 Å². The van der Waals surface area contributed by atoms with Crippen molar-refractivity contribution in [1.82, 2.24) is 24.5 Å². The fraction of sp³-hybridized carbons (Fsp3) is 0. The standard InChI is InChI=1S/C16H11N7O2/c24-23(25)14-15(19-9-20-16(14)22-8-7-17-10-22)21-13-5-1-4-12-11(13)3-2-6-18-12/h1-10H,(H,19,20,21). The number of benzene rings is 1. The molecule has 0 aliphatic heterocycles. The van der Waals surface area contributed by atoms with Crippen LogP contribution in [0.3, 0.4) is 0 Å². The predicted octanol–water partition coefficient (Wildman–Crippen LogP) is 2.86. The van der Waals surface area contributed by atoms with Crippen molar-refractivity contribution in [3.63, 3.8) is 0 Å². The van der Waals surface area contributed by atoms with Gasteiger partial charge in [-0.3, -0.25) is 19.7 Å². The van der Waals surface area contributed by atoms with Gasteiger partial charge in [-0.15, -0.1) is 0 Å². The van der Waals surface area contributed by atoms with Crippen molar-refractivity contribution in [3.05, 3.63) is 71.7 Å². The van der Waals surface area contributed by atoms with Crippen LogP contribution in [0.5, 0.6) is 0 Å². The van der Waals surface area contributed by atoms with Crippen molar-refractivity contribution in [1.29, 1.82) is 0 Å². The maximum Gasteiger partial charge on any atom is 0.354 e. The third-order valence-corrected chi connectivity index (χ3v) is 3.63. The van der Waals surface area contributed by atoms with E-state index in [1.807, 2.05) is 24.3 Å². The van der Waals surface area contributed by atoms with Gasteiger partial charge >= 0.3 is 5.69 Å². The molecule has 9 nitrogen and oxygen atoms in total. The zero-order chi connectivity index (χ0) is 17.2. The van der Waals surface area contributed by atoms with E-state index in [0.717, 1.165) is 10.9 Å². The second-order valence-electron chi connectivity index (χ2n) is 5.12. The molecule has 1 N–H and O–H groups in total. The Hall–Kier alpha value is -3.88. The van der Waals surface area contributed by atoms with E-state index in [2.05, 4.69) is 25.3 Å². The Morgan fingerprint density at radius 3 is 2.80 bits per heavy atom. The number of anilines is 2. The van der Waals surface area contributed by atoms with Crippen molar-refractivity contribution in [2.24, 2.45) is 0 Å². The second kappa shape index (κ2) is 5.96. The maximum absolute atomic E-state index is 11.6. The molecule has 4 rings (SSSR count). The van der Waals surface area contributed by atoms with Crippen LogP contribution in [0.4, 0.5) is 17.2 Å². The largest absolute Gasteiger partial charge is 0.354 e. The number of nitrogens with zero attached hydrogens (tertiary/aromatic N) is 6. The Labute approximate surface area is 141 Å². The minimum absolute atomic E-state index is 0.0973. The fourth-order valence-corrected chi connectivity index (χ4v) is 2.54. The summed E-state index contributed by atoms with van der Waals surface area (Å²) >= 11 is 0. The monoisotopic (exact) mass is 333 g/mol. The lowest BCUT2D eigenvalue weighted by Gasteiger charge is -2.10. The quantitative estimate of drug-likeness (QED) is 0.451. The number of rotatable bonds is 4. The van der Waals surface area contributed by atoms with Crippen LogP contribution in [-0.4, -0.2) is 29.4 Å². The summed E-state index contributed by atoms with van der Waals surface area (Å²) in [4.78, 5) is 27.4. The molecule has 0 aliphatic rings. The zero-order valence-electron chi connectivity index (χ0n) is 12.8. The highest BCUT2D eigenvalue weighted by atomic mass is 16.6. The molecule has 0 atom stereocenters. The molecule has 0 saturated carbocycles. The minimum Gasteiger partial charge on any atom is -0.334 e. The van der Waals surface area contributed by atoms with E-state index in [0.29, 0.717) is 5.69 Å². The smallest absolute Gasteiger partial charge is 0.334 e. The molecule has 122 valence electrons. The molecule has 4 aromatic rings. The van der Waals surface area contributed by atoms with E-state index in [1.54, 1.807) is 18.5 Å². The highest BCUT2D eigenvalue weighted by Crippen LogP contribution is 2.32. The highest BCUT2D eigenvalue weighted by molar-refractivity contribution is 5.93. The van der Waals surface area contributed by atoms with Gasteiger partial charge in [-0.05, 0) is 24.3 Å². The molecule has 3 aromatic heterocycles. The summed E-state index contributed by atoms with van der Waals surface area (Å²) in [6, 6.07) is 9.19. The number of fused-ring (bicyclic) bond motifs is 1. The zero-order valence-corrected chi connectivity index (χ0v) is 12.8. The van der Waals surface area contributed by atoms with Crippen molar-refractivity contribution in [2.75, 3.05) is 5.32 Å². The highest BCUT2D eigenvalue weighted by Gasteiger charge is 2.24. The minimum atomic E-state index is -0.513. The van der Waals surface area contributed by atoms with Crippen molar-refractivity contribution >= 4 is 28.1 Å². The third-order valence-electron chi connectivity index (χ3n) is 3.63. The summed E-state index contributed by atoms with van der Waals surface area (Å²) in [5.74, 6) is 0.235. The van der Waals surface area contributed by atoms with Crippen molar-refractivity contribution in [3.8, 4) is 5.82 Å². The molecule has 0 aliphatic carbocycles. The number of hydrogen-bond acceptors (Lipinski definition) is 7. The summed E-state index contributed by atoms with van der Waals surface area (Å²) in [6.45, 7) is 0. The molecule has 3 heterocycles. The topological polar surface area (TPSA) is 112 Å². The first kappa shape index (κ1) is 14.7. The third kappa shape index (κ3) is 2.63. The van der Waals surface area contributed by atoms with E-state index >= 15 is 0 Å². The molecule has 9 heteroatoms. The Bertz CT molecular complexity index is 1060. The summed E-state index contributed by atoms with van der Waals surface area (Å²) in [5.41, 5.74) is 1.21. The van der Waals surface area contributed by atoms with E-state index in [9.17, 15) is 10.1 Å². The molecule has 0 radical (unpaired) electrons. The number of aromatic nitrogens is 5. The lowest BCUT2D eigenvalue weighted by molar-refractivity contribution is -0.384. The molecule has 0 fully saturated rings. The molecule has 25 heavy (non-hydrogen) atoms. The number of nitro groups is 1. The van der Waals surface area contributed by atoms with Crippen LogP contribution in [0.15, 0.2) is 61.6 Å². The van der Waals surface area contributed by atoms with Gasteiger partial charge in [0.05, 0.1) is 10.4 Å². The number of pyridine rings is 1. The first-order valence-electron chi connectivity index (χ1n) is 7.32. The second-order valence-corrected chi connectivity index (χ2v) is 5.12. The van der Waals surface area contributed by atoms with Gasteiger partial charge in [-0.2, -0.15) is 0 Å². The van der Waals surface area contributed by atoms with Gasteiger partial charge in [0.1, 0.15) is 12.7 Å². The van der Waals surface area contributed by atoms with E-state index in [-0.39, 0.29) is 17.3 Å². The lowest BCUT2D eigenvalue weighted by Crippen LogP contribution is -2.07. The van der Waals surface area contributed by atoms with E-state index < -0.39 is 4.92 Å². The van der Waals surface area contributed by atoms with Crippen LogP contribution < -0.4 is 5.32 Å². The fourth-order valence-electron chi connectivity index (χ4n) is 2.54. The van der Waals surface area contributed by atoms with Crippen LogP contribution in [0, 0.1) is 10.1 Å². The van der Waals surface area contributed by atoms with E-state index in [4.69, 9.17) is 0 Å². The van der Waals surface area contributed by atoms with Crippen LogP contribution in [0.25, 0.3) is 16.7 Å². The first-order valence-corrected chi connectivity index (χ1v) is 7.32. The van der Waals surface area contributed by atoms with Gasteiger partial charge in [0.25, 0.3) is 0 Å². The van der Waals surface area contributed by atoms with Crippen molar-refractivity contribution in [2.45, 2.75) is 0 Å². The van der Waals surface area contributed by atoms with Crippen LogP contribution in [0.2, 0.25) is 0 Å². The number of imidazole rings is 1. The van der Waals surface area contributed by atoms with Crippen LogP contribution in [0.1, 0.15) is 0 Å². The predicted molar refractivity (Wildman–Crippen MR) is 90.8 cm³/mol. The molecule has 1 aromatic carbocycles. The van der Waals surface area contributed by atoms with E-state index in [1.165, 1.54) is 23.4 Å². The summed E-state index contributed by atoms with van der Waals surface area (Å²) in [6.07, 6.45) is 7.52. The van der Waals surface area contributed by atoms with Gasteiger partial charge in [0.15, 0.2) is 0 Å². The van der Waals surface area contributed by atoms with Gasteiger partial charge in [-0.1, -0.05) is 6.07 Å². The summed E-state index contributed by atoms with van der Waals surface area (Å²) in [5, 5.41) is 15.5. The number of nitrogens with one attached hydrogen (secondary N) is 1. The molecular formula is C16H11N7O2. The van der Waals surface area contributed by atoms with Gasteiger partial charge in [-0.25, -0.2) is 15.0 Å². The van der Waals surface area contributed by atoms with Gasteiger partial charge < -0.3 is 5.32 Å². The SMILES string of the molecule is O=[N+]([O-])c1c(Nc2cccc3ncccc23)ncnc1-n1ccnc1. The first-order chi connectivity index (χ1) is 12.2. The summed E-state index contributed by atoms with van der Waals surface area (Å²) < 4.78 is 1.47. The molecule has 0 unspecified atom stereocenters. The average Bonchev–Trinajstić information content (AvgIpc) is 3.16. The Kier molecular flexibility index (Phi) is 3.51. The summed E-state index contributed by atoms with van der Waals surface area (Å²) in [7, 11) is 0. The van der Waals surface area contributed by atoms with Crippen molar-refractivity contribution < 1.29 is 4.92 Å². The Balaban J connectivity index is 1.86. The Morgan fingerprint density at radius 2 is 2.00 bits per heavy atom. The maximum atomic E-state index is 11.6. The number of hydrogen-bond donors (Lipinski definition) is 1. The average molecular weight is 333 g/mol. The van der Waals surface area contributed by atoms with Crippen LogP contribution >= 0.6 is 0 Å². The Morgan fingerprint density at radius 1 is 1.08 bits per heavy atom. The molecule has 0 spiro atoms. The van der Waals surface area contributed by atoms with Gasteiger partial charge in [0, 0.05) is 29.7 Å². The normalized spacial score (nSPS) is 10.7. The lowest BCUT2D eigenvalue weighted by atomic mass is 10.2. The molecule has 0 saturated heterocycles. The van der Waals surface area contributed by atoms with Gasteiger partial charge in [0.2, 0.25) is 11.6 Å². The molecule has 0 amide bonds.